The van der Waals surface area contributed by atoms with E-state index in [4.69, 9.17) is 0 Å². The number of hydrogen-bond donors (Lipinski definition) is 1. The molecule has 0 radical (unpaired) electrons. The van der Waals surface area contributed by atoms with Crippen LogP contribution >= 0.6 is 0 Å². The van der Waals surface area contributed by atoms with Crippen molar-refractivity contribution < 1.29 is 0 Å². The molecule has 1 aliphatic rings. The zero-order valence-electron chi connectivity index (χ0n) is 12.8. The van der Waals surface area contributed by atoms with E-state index in [1.807, 2.05) is 0 Å². The summed E-state index contributed by atoms with van der Waals surface area (Å²) in [5.41, 5.74) is 2.90. The van der Waals surface area contributed by atoms with Crippen LogP contribution in [-0.2, 0) is 0 Å². The summed E-state index contributed by atoms with van der Waals surface area (Å²) in [6, 6.07) is 10.7. The number of benzene rings is 1. The highest BCUT2D eigenvalue weighted by Gasteiger charge is 2.29. The Hall–Kier alpha value is -0.860. The molecule has 1 fully saturated rings. The summed E-state index contributed by atoms with van der Waals surface area (Å²) in [5, 5.41) is 3.60. The summed E-state index contributed by atoms with van der Waals surface area (Å²) >= 11 is 0. The van der Waals surface area contributed by atoms with Gasteiger partial charge in [-0.2, -0.15) is 0 Å². The van der Waals surface area contributed by atoms with E-state index in [1.54, 1.807) is 0 Å². The zero-order valence-corrected chi connectivity index (χ0v) is 12.8. The van der Waals surface area contributed by atoms with Crippen LogP contribution in [-0.4, -0.2) is 30.1 Å². The van der Waals surface area contributed by atoms with Gasteiger partial charge in [-0.15, -0.1) is 0 Å². The van der Waals surface area contributed by atoms with Gasteiger partial charge in [0, 0.05) is 24.7 Å². The van der Waals surface area contributed by atoms with Gasteiger partial charge < -0.3 is 5.32 Å². The molecule has 1 N–H and O–H groups in total. The van der Waals surface area contributed by atoms with Gasteiger partial charge in [-0.25, -0.2) is 0 Å². The quantitative estimate of drug-likeness (QED) is 0.891. The van der Waals surface area contributed by atoms with Crippen LogP contribution < -0.4 is 5.32 Å². The first kappa shape index (κ1) is 14.5. The topological polar surface area (TPSA) is 15.3 Å². The Labute approximate surface area is 118 Å². The summed E-state index contributed by atoms with van der Waals surface area (Å²) in [5.74, 6) is 0. The van der Waals surface area contributed by atoms with Crippen molar-refractivity contribution in [2.24, 2.45) is 0 Å². The molecule has 0 aromatic heterocycles. The molecule has 1 aromatic rings. The standard InChI is InChI=1S/C17H28N2/c1-5-18-16-10-11-19(14(3)12-16)15(4)17-9-7-6-8-13(17)2/h6-9,14-16,18H,5,10-12H2,1-4H3. The predicted molar refractivity (Wildman–Crippen MR) is 82.5 cm³/mol. The fraction of sp³-hybridized carbons (Fsp3) is 0.647. The number of piperidine rings is 1. The van der Waals surface area contributed by atoms with E-state index in [0.29, 0.717) is 18.1 Å². The van der Waals surface area contributed by atoms with E-state index in [2.05, 4.69) is 62.2 Å². The largest absolute Gasteiger partial charge is 0.314 e. The average molecular weight is 260 g/mol. The molecule has 106 valence electrons. The van der Waals surface area contributed by atoms with E-state index in [1.165, 1.54) is 30.5 Å². The van der Waals surface area contributed by atoms with Gasteiger partial charge in [0.15, 0.2) is 0 Å². The molecule has 1 heterocycles. The Morgan fingerprint density at radius 3 is 2.74 bits per heavy atom. The molecule has 2 heteroatoms. The highest BCUT2D eigenvalue weighted by Crippen LogP contribution is 2.29. The van der Waals surface area contributed by atoms with Gasteiger partial charge in [0.1, 0.15) is 0 Å². The molecule has 1 aliphatic heterocycles. The van der Waals surface area contributed by atoms with Crippen LogP contribution in [0.2, 0.25) is 0 Å². The van der Waals surface area contributed by atoms with Crippen LogP contribution in [0.1, 0.15) is 50.8 Å². The fourth-order valence-electron chi connectivity index (χ4n) is 3.47. The molecular weight excluding hydrogens is 232 g/mol. The molecule has 3 unspecified atom stereocenters. The summed E-state index contributed by atoms with van der Waals surface area (Å²) < 4.78 is 0. The second kappa shape index (κ2) is 6.53. The number of aryl methyl sites for hydroxylation is 1. The molecule has 0 aliphatic carbocycles. The Morgan fingerprint density at radius 1 is 1.37 bits per heavy atom. The van der Waals surface area contributed by atoms with Crippen LogP contribution in [0.25, 0.3) is 0 Å². The molecule has 2 nitrogen and oxygen atoms in total. The Morgan fingerprint density at radius 2 is 2.11 bits per heavy atom. The Bertz CT molecular complexity index is 402. The molecule has 0 spiro atoms. The molecule has 19 heavy (non-hydrogen) atoms. The van der Waals surface area contributed by atoms with Crippen molar-refractivity contribution in [3.8, 4) is 0 Å². The number of rotatable bonds is 4. The van der Waals surface area contributed by atoms with Crippen LogP contribution in [0.3, 0.4) is 0 Å². The lowest BCUT2D eigenvalue weighted by Crippen LogP contribution is -2.48. The summed E-state index contributed by atoms with van der Waals surface area (Å²) in [4.78, 5) is 2.66. The molecule has 3 atom stereocenters. The smallest absolute Gasteiger partial charge is 0.0325 e. The maximum atomic E-state index is 3.60. The van der Waals surface area contributed by atoms with E-state index >= 15 is 0 Å². The van der Waals surface area contributed by atoms with Crippen molar-refractivity contribution in [2.45, 2.75) is 58.7 Å². The highest BCUT2D eigenvalue weighted by molar-refractivity contribution is 5.28. The maximum absolute atomic E-state index is 3.60. The van der Waals surface area contributed by atoms with Crippen molar-refractivity contribution in [3.05, 3.63) is 35.4 Å². The van der Waals surface area contributed by atoms with Crippen molar-refractivity contribution in [1.29, 1.82) is 0 Å². The number of nitrogens with one attached hydrogen (secondary N) is 1. The number of nitrogens with zero attached hydrogens (tertiary/aromatic N) is 1. The third-order valence-electron chi connectivity index (χ3n) is 4.56. The second-order valence-corrected chi connectivity index (χ2v) is 5.90. The van der Waals surface area contributed by atoms with Gasteiger partial charge in [0.05, 0.1) is 0 Å². The van der Waals surface area contributed by atoms with E-state index < -0.39 is 0 Å². The lowest BCUT2D eigenvalue weighted by molar-refractivity contribution is 0.0957. The second-order valence-electron chi connectivity index (χ2n) is 5.90. The van der Waals surface area contributed by atoms with Crippen molar-refractivity contribution in [1.82, 2.24) is 10.2 Å². The van der Waals surface area contributed by atoms with E-state index in [0.717, 1.165) is 6.54 Å². The van der Waals surface area contributed by atoms with Crippen LogP contribution in [0.5, 0.6) is 0 Å². The Balaban J connectivity index is 2.05. The molecule has 0 amide bonds. The lowest BCUT2D eigenvalue weighted by atomic mass is 9.93. The van der Waals surface area contributed by atoms with Gasteiger partial charge in [0.2, 0.25) is 0 Å². The normalized spacial score (nSPS) is 26.3. The van der Waals surface area contributed by atoms with Gasteiger partial charge in [-0.1, -0.05) is 31.2 Å². The van der Waals surface area contributed by atoms with Crippen LogP contribution in [0.15, 0.2) is 24.3 Å². The molecule has 0 saturated carbocycles. The minimum atomic E-state index is 0.527. The molecular formula is C17H28N2. The van der Waals surface area contributed by atoms with Gasteiger partial charge in [-0.3, -0.25) is 4.90 Å². The minimum Gasteiger partial charge on any atom is -0.314 e. The van der Waals surface area contributed by atoms with Crippen molar-refractivity contribution in [2.75, 3.05) is 13.1 Å². The number of likely N-dealkylation sites (tertiary alicyclic amines) is 1. The number of hydrogen-bond acceptors (Lipinski definition) is 2. The third-order valence-corrected chi connectivity index (χ3v) is 4.56. The summed E-state index contributed by atoms with van der Waals surface area (Å²) in [7, 11) is 0. The van der Waals surface area contributed by atoms with E-state index in [-0.39, 0.29) is 0 Å². The molecule has 2 rings (SSSR count). The lowest BCUT2D eigenvalue weighted by Gasteiger charge is -2.42. The van der Waals surface area contributed by atoms with Crippen molar-refractivity contribution in [3.63, 3.8) is 0 Å². The fourth-order valence-corrected chi connectivity index (χ4v) is 3.47. The summed E-state index contributed by atoms with van der Waals surface area (Å²) in [6.07, 6.45) is 2.54. The maximum Gasteiger partial charge on any atom is 0.0325 e. The summed E-state index contributed by atoms with van der Waals surface area (Å²) in [6.45, 7) is 11.4. The monoisotopic (exact) mass is 260 g/mol. The highest BCUT2D eigenvalue weighted by atomic mass is 15.2. The first-order chi connectivity index (χ1) is 9.13. The molecule has 0 bridgehead atoms. The molecule has 1 aromatic carbocycles. The molecule has 1 saturated heterocycles. The van der Waals surface area contributed by atoms with Crippen LogP contribution in [0.4, 0.5) is 0 Å². The third kappa shape index (κ3) is 3.37. The average Bonchev–Trinajstić information content (AvgIpc) is 2.39. The van der Waals surface area contributed by atoms with Crippen LogP contribution in [0, 0.1) is 6.92 Å². The minimum absolute atomic E-state index is 0.527. The SMILES string of the molecule is CCNC1CCN(C(C)c2ccccc2C)C(C)C1. The first-order valence-electron chi connectivity index (χ1n) is 7.68. The zero-order chi connectivity index (χ0) is 13.8. The van der Waals surface area contributed by atoms with Gasteiger partial charge >= 0.3 is 0 Å². The van der Waals surface area contributed by atoms with Gasteiger partial charge in [0.25, 0.3) is 0 Å². The Kier molecular flexibility index (Phi) is 5.00. The van der Waals surface area contributed by atoms with Gasteiger partial charge in [-0.05, 0) is 51.3 Å². The van der Waals surface area contributed by atoms with Crippen molar-refractivity contribution >= 4 is 0 Å². The first-order valence-corrected chi connectivity index (χ1v) is 7.68. The van der Waals surface area contributed by atoms with E-state index in [9.17, 15) is 0 Å². The predicted octanol–water partition coefficient (Wildman–Crippen LogP) is 3.52.